The van der Waals surface area contributed by atoms with Crippen molar-refractivity contribution in [3.05, 3.63) is 78.3 Å². The highest BCUT2D eigenvalue weighted by molar-refractivity contribution is 6.08. The fourth-order valence-electron chi connectivity index (χ4n) is 4.45. The molecule has 35 heavy (non-hydrogen) atoms. The van der Waals surface area contributed by atoms with Gasteiger partial charge in [0, 0.05) is 11.7 Å². The van der Waals surface area contributed by atoms with Crippen molar-refractivity contribution in [2.45, 2.75) is 51.6 Å². The van der Waals surface area contributed by atoms with Crippen LogP contribution in [0.2, 0.25) is 0 Å². The Kier molecular flexibility index (Phi) is 8.08. The van der Waals surface area contributed by atoms with Crippen molar-refractivity contribution in [2.75, 3.05) is 18.1 Å². The molecule has 1 aliphatic rings. The van der Waals surface area contributed by atoms with Gasteiger partial charge in [-0.15, -0.1) is 0 Å². The molecule has 1 N–H and O–H groups in total. The second-order valence-corrected chi connectivity index (χ2v) is 8.47. The van der Waals surface area contributed by atoms with Crippen molar-refractivity contribution in [1.29, 1.82) is 0 Å². The number of anilines is 1. The van der Waals surface area contributed by atoms with Crippen molar-refractivity contribution in [3.8, 4) is 11.5 Å². The number of hydrogen-bond donors (Lipinski definition) is 1. The lowest BCUT2D eigenvalue weighted by molar-refractivity contribution is -0.123. The summed E-state index contributed by atoms with van der Waals surface area (Å²) in [7, 11) is 0. The van der Waals surface area contributed by atoms with Crippen LogP contribution in [0.4, 0.5) is 5.69 Å². The lowest BCUT2D eigenvalue weighted by Gasteiger charge is -2.32. The van der Waals surface area contributed by atoms with Crippen LogP contribution in [0.15, 0.2) is 71.3 Å². The maximum atomic E-state index is 13.8. The lowest BCUT2D eigenvalue weighted by atomic mass is 10.0. The maximum absolute atomic E-state index is 13.8. The summed E-state index contributed by atoms with van der Waals surface area (Å²) in [6.45, 7) is 4.91. The topological polar surface area (TPSA) is 81.0 Å². The molecule has 7 nitrogen and oxygen atoms in total. The van der Waals surface area contributed by atoms with Gasteiger partial charge in [-0.25, -0.2) is 0 Å². The SMILES string of the molecule is CCOc1ccc([C@@H](C(=O)NC2CCCC2)N(C(=O)c2ccco2)c2ccc(OCC)cc2)cc1. The monoisotopic (exact) mass is 476 g/mol. The zero-order valence-electron chi connectivity index (χ0n) is 20.2. The summed E-state index contributed by atoms with van der Waals surface area (Å²) in [6.07, 6.45) is 5.52. The predicted molar refractivity (Wildman–Crippen MR) is 134 cm³/mol. The maximum Gasteiger partial charge on any atom is 0.294 e. The summed E-state index contributed by atoms with van der Waals surface area (Å²) in [5.74, 6) is 0.920. The average Bonchev–Trinajstić information content (AvgIpc) is 3.59. The Hall–Kier alpha value is -3.74. The van der Waals surface area contributed by atoms with Gasteiger partial charge in [-0.2, -0.15) is 0 Å². The smallest absolute Gasteiger partial charge is 0.294 e. The summed E-state index contributed by atoms with van der Waals surface area (Å²) < 4.78 is 16.6. The van der Waals surface area contributed by atoms with E-state index >= 15 is 0 Å². The van der Waals surface area contributed by atoms with E-state index in [2.05, 4.69) is 5.32 Å². The Balaban J connectivity index is 1.77. The number of nitrogens with zero attached hydrogens (tertiary/aromatic N) is 1. The molecular weight excluding hydrogens is 444 g/mol. The van der Waals surface area contributed by atoms with E-state index in [1.54, 1.807) is 36.4 Å². The molecule has 0 aliphatic heterocycles. The van der Waals surface area contributed by atoms with Crippen LogP contribution in [0.1, 0.15) is 61.7 Å². The molecule has 7 heteroatoms. The van der Waals surface area contributed by atoms with Gasteiger partial charge in [0.15, 0.2) is 5.76 Å². The normalized spacial score (nSPS) is 14.3. The summed E-state index contributed by atoms with van der Waals surface area (Å²) >= 11 is 0. The van der Waals surface area contributed by atoms with Gasteiger partial charge in [0.2, 0.25) is 5.91 Å². The zero-order valence-corrected chi connectivity index (χ0v) is 20.2. The Morgan fingerprint density at radius 2 is 1.54 bits per heavy atom. The number of carbonyl (C=O) groups excluding carboxylic acids is 2. The number of hydrogen-bond acceptors (Lipinski definition) is 5. The quantitative estimate of drug-likeness (QED) is 0.416. The number of furan rings is 1. The third-order valence-electron chi connectivity index (χ3n) is 6.09. The number of benzene rings is 2. The van der Waals surface area contributed by atoms with Gasteiger partial charge >= 0.3 is 0 Å². The number of ether oxygens (including phenoxy) is 2. The van der Waals surface area contributed by atoms with E-state index in [1.165, 1.54) is 11.2 Å². The second kappa shape index (κ2) is 11.6. The molecule has 0 spiro atoms. The number of carbonyl (C=O) groups is 2. The molecule has 184 valence electrons. The summed E-state index contributed by atoms with van der Waals surface area (Å²) in [4.78, 5) is 29.0. The molecule has 4 rings (SSSR count). The van der Waals surface area contributed by atoms with E-state index in [0.717, 1.165) is 25.7 Å². The minimum absolute atomic E-state index is 0.105. The van der Waals surface area contributed by atoms with E-state index in [-0.39, 0.29) is 17.7 Å². The van der Waals surface area contributed by atoms with Gasteiger partial charge in [0.1, 0.15) is 17.5 Å². The van der Waals surface area contributed by atoms with Crippen molar-refractivity contribution < 1.29 is 23.5 Å². The Morgan fingerprint density at radius 1 is 0.943 bits per heavy atom. The molecule has 3 aromatic rings. The van der Waals surface area contributed by atoms with Gasteiger partial charge in [-0.05, 0) is 80.8 Å². The first-order chi connectivity index (χ1) is 17.1. The van der Waals surface area contributed by atoms with E-state index in [9.17, 15) is 9.59 Å². The van der Waals surface area contributed by atoms with Crippen LogP contribution < -0.4 is 19.7 Å². The standard InChI is InChI=1S/C28H32N2O5/c1-3-33-23-15-11-20(12-16-23)26(27(31)29-21-8-5-6-9-21)30(28(32)25-10-7-19-35-25)22-13-17-24(18-14-22)34-4-2/h7,10-19,21,26H,3-6,8-9H2,1-2H3,(H,29,31)/t26-/m0/s1. The molecule has 0 bridgehead atoms. The Morgan fingerprint density at radius 3 is 2.09 bits per heavy atom. The molecule has 0 radical (unpaired) electrons. The second-order valence-electron chi connectivity index (χ2n) is 8.47. The van der Waals surface area contributed by atoms with E-state index in [1.807, 2.05) is 38.1 Å². The largest absolute Gasteiger partial charge is 0.494 e. The van der Waals surface area contributed by atoms with Crippen LogP contribution >= 0.6 is 0 Å². The molecule has 2 amide bonds. The van der Waals surface area contributed by atoms with Gasteiger partial charge < -0.3 is 19.2 Å². The number of amides is 2. The molecule has 1 fully saturated rings. The minimum atomic E-state index is -0.901. The zero-order chi connectivity index (χ0) is 24.6. The molecular formula is C28H32N2O5. The number of rotatable bonds is 10. The van der Waals surface area contributed by atoms with Gasteiger partial charge in [-0.3, -0.25) is 14.5 Å². The molecule has 0 unspecified atom stereocenters. The molecule has 0 saturated heterocycles. The van der Waals surface area contributed by atoms with Crippen LogP contribution in [0.25, 0.3) is 0 Å². The summed E-state index contributed by atoms with van der Waals surface area (Å²) in [6, 6.07) is 17.0. The molecule has 2 aromatic carbocycles. The first-order valence-corrected chi connectivity index (χ1v) is 12.2. The van der Waals surface area contributed by atoms with E-state index in [0.29, 0.717) is 36.0 Å². The third kappa shape index (κ3) is 5.85. The Bertz CT molecular complexity index is 1090. The molecule has 1 atom stereocenters. The van der Waals surface area contributed by atoms with E-state index < -0.39 is 11.9 Å². The number of nitrogens with one attached hydrogen (secondary N) is 1. The van der Waals surface area contributed by atoms with Gasteiger partial charge in [-0.1, -0.05) is 25.0 Å². The molecule has 1 aliphatic carbocycles. The fourth-order valence-corrected chi connectivity index (χ4v) is 4.45. The van der Waals surface area contributed by atoms with Crippen LogP contribution in [0.5, 0.6) is 11.5 Å². The molecule has 1 aromatic heterocycles. The predicted octanol–water partition coefficient (Wildman–Crippen LogP) is 5.52. The summed E-state index contributed by atoms with van der Waals surface area (Å²) in [5.41, 5.74) is 1.24. The fraction of sp³-hybridized carbons (Fsp3) is 0.357. The van der Waals surface area contributed by atoms with Crippen LogP contribution in [0, 0.1) is 0 Å². The molecule has 1 saturated carbocycles. The highest BCUT2D eigenvalue weighted by atomic mass is 16.5. The lowest BCUT2D eigenvalue weighted by Crippen LogP contribution is -2.46. The Labute approximate surface area is 206 Å². The van der Waals surface area contributed by atoms with Gasteiger partial charge in [0.25, 0.3) is 5.91 Å². The first-order valence-electron chi connectivity index (χ1n) is 12.2. The first kappa shape index (κ1) is 24.4. The molecule has 1 heterocycles. The van der Waals surface area contributed by atoms with Crippen molar-refractivity contribution >= 4 is 17.5 Å². The van der Waals surface area contributed by atoms with Gasteiger partial charge in [0.05, 0.1) is 19.5 Å². The average molecular weight is 477 g/mol. The van der Waals surface area contributed by atoms with Crippen molar-refractivity contribution in [2.24, 2.45) is 0 Å². The van der Waals surface area contributed by atoms with Crippen LogP contribution in [-0.4, -0.2) is 31.1 Å². The van der Waals surface area contributed by atoms with Crippen molar-refractivity contribution in [3.63, 3.8) is 0 Å². The van der Waals surface area contributed by atoms with Crippen molar-refractivity contribution in [1.82, 2.24) is 5.32 Å². The highest BCUT2D eigenvalue weighted by Gasteiger charge is 2.35. The third-order valence-corrected chi connectivity index (χ3v) is 6.09. The van der Waals surface area contributed by atoms with E-state index in [4.69, 9.17) is 13.9 Å². The van der Waals surface area contributed by atoms with Crippen LogP contribution in [0.3, 0.4) is 0 Å². The minimum Gasteiger partial charge on any atom is -0.494 e. The highest BCUT2D eigenvalue weighted by Crippen LogP contribution is 2.33. The van der Waals surface area contributed by atoms with Crippen LogP contribution in [-0.2, 0) is 4.79 Å². The summed E-state index contributed by atoms with van der Waals surface area (Å²) in [5, 5.41) is 3.18.